The summed E-state index contributed by atoms with van der Waals surface area (Å²) >= 11 is 0. The van der Waals surface area contributed by atoms with Crippen molar-refractivity contribution in [2.45, 2.75) is 18.9 Å². The molecule has 0 aliphatic carbocycles. The predicted molar refractivity (Wildman–Crippen MR) is 117 cm³/mol. The number of aromatic nitrogens is 2. The molecule has 2 heterocycles. The summed E-state index contributed by atoms with van der Waals surface area (Å²) in [7, 11) is 0. The highest BCUT2D eigenvalue weighted by Gasteiger charge is 2.19. The van der Waals surface area contributed by atoms with Gasteiger partial charge in [0, 0.05) is 35.8 Å². The highest BCUT2D eigenvalue weighted by Crippen LogP contribution is 2.30. The lowest BCUT2D eigenvalue weighted by Gasteiger charge is -2.20. The average molecular weight is 417 g/mol. The van der Waals surface area contributed by atoms with Gasteiger partial charge in [0.25, 0.3) is 0 Å². The van der Waals surface area contributed by atoms with E-state index in [1.807, 2.05) is 36.8 Å². The monoisotopic (exact) mass is 416 g/mol. The molecule has 4 aromatic rings. The second-order valence-electron chi connectivity index (χ2n) is 6.41. The van der Waals surface area contributed by atoms with E-state index in [1.165, 1.54) is 5.56 Å². The Hall–Kier alpha value is -2.76. The van der Waals surface area contributed by atoms with Crippen molar-refractivity contribution < 1.29 is 4.42 Å². The molecule has 1 unspecified atom stereocenters. The lowest BCUT2D eigenvalue weighted by Crippen LogP contribution is -2.17. The predicted octanol–water partition coefficient (Wildman–Crippen LogP) is 4.78. The third-order valence-electron chi connectivity index (χ3n) is 4.75. The summed E-state index contributed by atoms with van der Waals surface area (Å²) in [6, 6.07) is 16.1. The minimum Gasteiger partial charge on any atom is -0.464 e. The Bertz CT molecular complexity index is 1030. The lowest BCUT2D eigenvalue weighted by molar-refractivity contribution is 0.556. The van der Waals surface area contributed by atoms with Crippen LogP contribution in [0.15, 0.2) is 77.9 Å². The SMILES string of the molecule is Cl.Cl.N=C(N)c1ccc2occc2c1CC(Cn1ccnc1)c1ccccc1. The number of hydrogen-bond acceptors (Lipinski definition) is 3. The van der Waals surface area contributed by atoms with Gasteiger partial charge in [0.1, 0.15) is 11.4 Å². The minimum atomic E-state index is 0. The molecule has 0 bridgehead atoms. The second kappa shape index (κ2) is 9.44. The first-order valence-electron chi connectivity index (χ1n) is 8.56. The fraction of sp³-hybridized carbons (Fsp3) is 0.143. The molecule has 2 aromatic carbocycles. The summed E-state index contributed by atoms with van der Waals surface area (Å²) in [6.45, 7) is 0.801. The molecule has 2 aromatic heterocycles. The van der Waals surface area contributed by atoms with Crippen LogP contribution in [0.25, 0.3) is 11.0 Å². The first kappa shape index (κ1) is 21.5. The Morgan fingerprint density at radius 2 is 1.89 bits per heavy atom. The molecule has 0 aliphatic heterocycles. The summed E-state index contributed by atoms with van der Waals surface area (Å²) in [5, 5.41) is 9.00. The van der Waals surface area contributed by atoms with Crippen LogP contribution in [0, 0.1) is 5.41 Å². The third-order valence-corrected chi connectivity index (χ3v) is 4.75. The molecule has 0 aliphatic rings. The molecule has 4 rings (SSSR count). The zero-order chi connectivity index (χ0) is 17.9. The number of nitrogens with one attached hydrogen (secondary N) is 1. The Balaban J connectivity index is 0.00000140. The topological polar surface area (TPSA) is 80.8 Å². The van der Waals surface area contributed by atoms with Crippen LogP contribution in [-0.4, -0.2) is 15.4 Å². The van der Waals surface area contributed by atoms with Crippen molar-refractivity contribution in [2.75, 3.05) is 0 Å². The van der Waals surface area contributed by atoms with Gasteiger partial charge in [-0.3, -0.25) is 5.41 Å². The number of nitrogen functional groups attached to an aromatic ring is 1. The van der Waals surface area contributed by atoms with E-state index >= 15 is 0 Å². The maximum atomic E-state index is 7.98. The van der Waals surface area contributed by atoms with E-state index in [4.69, 9.17) is 15.6 Å². The maximum Gasteiger partial charge on any atom is 0.134 e. The number of rotatable bonds is 6. The van der Waals surface area contributed by atoms with Gasteiger partial charge >= 0.3 is 0 Å². The van der Waals surface area contributed by atoms with Gasteiger partial charge in [0.2, 0.25) is 0 Å². The molecule has 0 amide bonds. The van der Waals surface area contributed by atoms with E-state index in [0.717, 1.165) is 35.1 Å². The number of nitrogens with two attached hydrogens (primary N) is 1. The van der Waals surface area contributed by atoms with Crippen molar-refractivity contribution in [3.63, 3.8) is 0 Å². The highest BCUT2D eigenvalue weighted by atomic mass is 35.5. The van der Waals surface area contributed by atoms with Gasteiger partial charge in [0.05, 0.1) is 12.6 Å². The molecule has 146 valence electrons. The highest BCUT2D eigenvalue weighted by molar-refractivity contribution is 6.01. The number of fused-ring (bicyclic) bond motifs is 1. The van der Waals surface area contributed by atoms with Crippen molar-refractivity contribution in [2.24, 2.45) is 5.73 Å². The maximum absolute atomic E-state index is 7.98. The number of furan rings is 1. The summed E-state index contributed by atoms with van der Waals surface area (Å²) < 4.78 is 7.64. The molecule has 0 saturated heterocycles. The van der Waals surface area contributed by atoms with Crippen molar-refractivity contribution in [1.82, 2.24) is 9.55 Å². The van der Waals surface area contributed by atoms with E-state index in [2.05, 4.69) is 33.8 Å². The standard InChI is InChI=1S/C21H20N4O.2ClH/c22-21(23)18-6-7-20-17(8-11-26-20)19(18)12-16(13-25-10-9-24-14-25)15-4-2-1-3-5-15;;/h1-11,14,16H,12-13H2,(H3,22,23);2*1H. The molecule has 1 atom stereocenters. The summed E-state index contributed by atoms with van der Waals surface area (Å²) in [6.07, 6.45) is 8.04. The second-order valence-corrected chi connectivity index (χ2v) is 6.41. The molecule has 3 N–H and O–H groups in total. The van der Waals surface area contributed by atoms with Gasteiger partial charge in [-0.1, -0.05) is 30.3 Å². The van der Waals surface area contributed by atoms with Crippen molar-refractivity contribution in [1.29, 1.82) is 5.41 Å². The zero-order valence-corrected chi connectivity index (χ0v) is 16.7. The lowest BCUT2D eigenvalue weighted by atomic mass is 9.88. The smallest absolute Gasteiger partial charge is 0.134 e. The van der Waals surface area contributed by atoms with Crippen LogP contribution in [-0.2, 0) is 13.0 Å². The fourth-order valence-electron chi connectivity index (χ4n) is 3.48. The van der Waals surface area contributed by atoms with Crippen LogP contribution in [0.3, 0.4) is 0 Å². The molecule has 0 saturated carbocycles. The largest absolute Gasteiger partial charge is 0.464 e. The third kappa shape index (κ3) is 4.38. The Kier molecular flexibility index (Phi) is 7.26. The first-order chi connectivity index (χ1) is 12.7. The van der Waals surface area contributed by atoms with E-state index in [0.29, 0.717) is 0 Å². The average Bonchev–Trinajstić information content (AvgIpc) is 3.33. The van der Waals surface area contributed by atoms with Gasteiger partial charge in [-0.15, -0.1) is 24.8 Å². The molecule has 0 fully saturated rings. The van der Waals surface area contributed by atoms with Gasteiger partial charge in [0.15, 0.2) is 0 Å². The zero-order valence-electron chi connectivity index (χ0n) is 15.1. The molecular weight excluding hydrogens is 395 g/mol. The van der Waals surface area contributed by atoms with E-state index < -0.39 is 0 Å². The number of imidazole rings is 1. The van der Waals surface area contributed by atoms with Crippen LogP contribution in [0.2, 0.25) is 0 Å². The van der Waals surface area contributed by atoms with Crippen molar-refractivity contribution in [3.05, 3.63) is 90.2 Å². The molecule has 0 radical (unpaired) electrons. The van der Waals surface area contributed by atoms with Crippen LogP contribution in [0.1, 0.15) is 22.6 Å². The quantitative estimate of drug-likeness (QED) is 0.350. The molecule has 7 heteroatoms. The normalized spacial score (nSPS) is 11.4. The van der Waals surface area contributed by atoms with Crippen LogP contribution < -0.4 is 5.73 Å². The van der Waals surface area contributed by atoms with E-state index in [-0.39, 0.29) is 36.6 Å². The fourth-order valence-corrected chi connectivity index (χ4v) is 3.48. The van der Waals surface area contributed by atoms with E-state index in [1.54, 1.807) is 12.5 Å². The van der Waals surface area contributed by atoms with Crippen LogP contribution in [0.4, 0.5) is 0 Å². The van der Waals surface area contributed by atoms with E-state index in [9.17, 15) is 0 Å². The van der Waals surface area contributed by atoms with Crippen molar-refractivity contribution >= 4 is 41.6 Å². The number of amidine groups is 1. The summed E-state index contributed by atoms with van der Waals surface area (Å²) in [4.78, 5) is 4.16. The molecule has 5 nitrogen and oxygen atoms in total. The minimum absolute atomic E-state index is 0. The number of nitrogens with zero attached hydrogens (tertiary/aromatic N) is 2. The van der Waals surface area contributed by atoms with Crippen LogP contribution >= 0.6 is 24.8 Å². The number of hydrogen-bond donors (Lipinski definition) is 2. The Morgan fingerprint density at radius 3 is 2.57 bits per heavy atom. The molecule has 28 heavy (non-hydrogen) atoms. The first-order valence-corrected chi connectivity index (χ1v) is 8.56. The van der Waals surface area contributed by atoms with Gasteiger partial charge in [-0.2, -0.15) is 0 Å². The molecular formula is C21H22Cl2N4O. The molecule has 0 spiro atoms. The van der Waals surface area contributed by atoms with Gasteiger partial charge in [-0.25, -0.2) is 4.98 Å². The van der Waals surface area contributed by atoms with Crippen LogP contribution in [0.5, 0.6) is 0 Å². The van der Waals surface area contributed by atoms with Crippen molar-refractivity contribution in [3.8, 4) is 0 Å². The Labute approximate surface area is 175 Å². The van der Waals surface area contributed by atoms with Gasteiger partial charge in [-0.05, 0) is 35.7 Å². The summed E-state index contributed by atoms with van der Waals surface area (Å²) in [5.74, 6) is 0.307. The number of benzene rings is 2. The summed E-state index contributed by atoms with van der Waals surface area (Å²) in [5.41, 5.74) is 9.75. The number of halogens is 2. The van der Waals surface area contributed by atoms with Gasteiger partial charge < -0.3 is 14.7 Å². The Morgan fingerprint density at radius 1 is 1.11 bits per heavy atom.